The smallest absolute Gasteiger partial charge is 0.305 e. The van der Waals surface area contributed by atoms with Gasteiger partial charge < -0.3 is 18.6 Å². The molecule has 0 radical (unpaired) electrons. The molecule has 0 N–H and O–H groups in total. The zero-order chi connectivity index (χ0) is 23.3. The van der Waals surface area contributed by atoms with Crippen molar-refractivity contribution in [1.82, 2.24) is 0 Å². The maximum absolute atomic E-state index is 13.7. The molecule has 9 atom stereocenters. The summed E-state index contributed by atoms with van der Waals surface area (Å²) in [5, 5.41) is 0. The van der Waals surface area contributed by atoms with Crippen molar-refractivity contribution in [3.63, 3.8) is 0 Å². The molecule has 5 aliphatic rings. The first-order valence-corrected chi connectivity index (χ1v) is 12.0. The topological polar surface area (TPSA) is 75.0 Å². The van der Waals surface area contributed by atoms with Crippen molar-refractivity contribution >= 4 is 11.8 Å². The van der Waals surface area contributed by atoms with Crippen LogP contribution in [0.5, 0.6) is 0 Å². The van der Waals surface area contributed by atoms with Crippen molar-refractivity contribution in [2.45, 2.75) is 64.8 Å². The predicted octanol–water partition coefficient (Wildman–Crippen LogP) is 4.22. The first-order valence-electron chi connectivity index (χ1n) is 12.0. The zero-order valence-corrected chi connectivity index (χ0v) is 19.9. The van der Waals surface area contributed by atoms with Gasteiger partial charge in [-0.1, -0.05) is 32.4 Å². The van der Waals surface area contributed by atoms with Gasteiger partial charge in [-0.2, -0.15) is 0 Å². The van der Waals surface area contributed by atoms with Gasteiger partial charge >= 0.3 is 5.97 Å². The van der Waals surface area contributed by atoms with Gasteiger partial charge in [-0.3, -0.25) is 9.59 Å². The molecule has 3 aliphatic carbocycles. The molecule has 3 fully saturated rings. The molecule has 1 aromatic heterocycles. The summed E-state index contributed by atoms with van der Waals surface area (Å²) in [4.78, 5) is 26.4. The van der Waals surface area contributed by atoms with E-state index in [1.165, 1.54) is 18.3 Å². The summed E-state index contributed by atoms with van der Waals surface area (Å²) < 4.78 is 23.8. The summed E-state index contributed by atoms with van der Waals surface area (Å²) >= 11 is 0. The number of ketones is 1. The molecule has 0 unspecified atom stereocenters. The van der Waals surface area contributed by atoms with Crippen LogP contribution in [0.4, 0.5) is 0 Å². The van der Waals surface area contributed by atoms with Crippen molar-refractivity contribution in [2.75, 3.05) is 13.7 Å². The molecule has 1 saturated carbocycles. The largest absolute Gasteiger partial charge is 0.472 e. The van der Waals surface area contributed by atoms with Crippen LogP contribution in [0, 0.1) is 28.1 Å². The first-order chi connectivity index (χ1) is 15.7. The second-order valence-corrected chi connectivity index (χ2v) is 11.3. The fourth-order valence-electron chi connectivity index (χ4n) is 8.54. The van der Waals surface area contributed by atoms with Crippen LogP contribution in [0.2, 0.25) is 0 Å². The van der Waals surface area contributed by atoms with E-state index in [0.717, 1.165) is 12.0 Å². The van der Waals surface area contributed by atoms with E-state index < -0.39 is 10.8 Å². The maximum atomic E-state index is 13.7. The standard InChI is InChI=1S/C27H32O6/c1-14-16(15-7-9-31-12-15)10-17-21(14)27(4)18(11-20(29)30-5)26(3)19(28)6-8-25(2)13-32-22(23(25)26)24(27)33-17/h6-9,12,16-18,22-24H,10-11,13H2,1-5H3/t16-,17+,18-,22-,23-,24-,25+,26+,27-/m1/s1. The van der Waals surface area contributed by atoms with Gasteiger partial charge in [0.1, 0.15) is 0 Å². The minimum absolute atomic E-state index is 0.0420. The quantitative estimate of drug-likeness (QED) is 0.505. The lowest BCUT2D eigenvalue weighted by molar-refractivity contribution is -0.188. The monoisotopic (exact) mass is 452 g/mol. The van der Waals surface area contributed by atoms with Crippen LogP contribution in [-0.4, -0.2) is 43.8 Å². The molecule has 176 valence electrons. The Kier molecular flexibility index (Phi) is 4.33. The van der Waals surface area contributed by atoms with E-state index in [4.69, 9.17) is 18.6 Å². The summed E-state index contributed by atoms with van der Waals surface area (Å²) in [6.07, 6.45) is 7.85. The lowest BCUT2D eigenvalue weighted by Crippen LogP contribution is -2.66. The average Bonchev–Trinajstić information content (AvgIpc) is 3.54. The van der Waals surface area contributed by atoms with E-state index in [2.05, 4.69) is 27.7 Å². The average molecular weight is 453 g/mol. The molecule has 0 spiro atoms. The third-order valence-corrected chi connectivity index (χ3v) is 9.91. The Hall–Kier alpha value is -2.18. The van der Waals surface area contributed by atoms with Gasteiger partial charge in [0, 0.05) is 28.1 Å². The van der Waals surface area contributed by atoms with Crippen LogP contribution in [0.15, 0.2) is 46.3 Å². The highest BCUT2D eigenvalue weighted by atomic mass is 16.6. The summed E-state index contributed by atoms with van der Waals surface area (Å²) in [7, 11) is 1.42. The Bertz CT molecular complexity index is 1080. The van der Waals surface area contributed by atoms with Crippen LogP contribution in [0.1, 0.15) is 52.0 Å². The van der Waals surface area contributed by atoms with Gasteiger partial charge in [-0.15, -0.1) is 0 Å². The predicted molar refractivity (Wildman–Crippen MR) is 119 cm³/mol. The molecule has 33 heavy (non-hydrogen) atoms. The number of fused-ring (bicyclic) bond motifs is 4. The zero-order valence-electron chi connectivity index (χ0n) is 19.9. The van der Waals surface area contributed by atoms with Crippen molar-refractivity contribution in [1.29, 1.82) is 0 Å². The molecular formula is C27H32O6. The molecule has 2 saturated heterocycles. The van der Waals surface area contributed by atoms with Gasteiger partial charge in [0.05, 0.1) is 51.0 Å². The summed E-state index contributed by atoms with van der Waals surface area (Å²) in [6, 6.07) is 2.01. The molecule has 6 rings (SSSR count). The van der Waals surface area contributed by atoms with E-state index in [1.807, 2.05) is 12.1 Å². The van der Waals surface area contributed by atoms with E-state index in [9.17, 15) is 9.59 Å². The van der Waals surface area contributed by atoms with E-state index in [0.29, 0.717) is 6.61 Å². The van der Waals surface area contributed by atoms with Crippen molar-refractivity contribution in [3.8, 4) is 0 Å². The van der Waals surface area contributed by atoms with Gasteiger partial charge in [-0.05, 0) is 42.5 Å². The second-order valence-electron chi connectivity index (χ2n) is 11.3. The first kappa shape index (κ1) is 21.4. The number of ether oxygens (including phenoxy) is 3. The van der Waals surface area contributed by atoms with Crippen LogP contribution >= 0.6 is 0 Å². The van der Waals surface area contributed by atoms with Gasteiger partial charge in [0.2, 0.25) is 0 Å². The number of methoxy groups -OCH3 is 1. The SMILES string of the molecule is COC(=O)C[C@H]1[C@]2(C)C3=C(C)[C@H](c4ccoc4)C[C@@H]3O[C@@H]2[C@@H]2OC[C@]3(C)C=CC(=O)[C@@]1(C)[C@H]23. The Balaban J connectivity index is 1.56. The Morgan fingerprint density at radius 2 is 2.03 bits per heavy atom. The number of hydrogen-bond acceptors (Lipinski definition) is 6. The highest BCUT2D eigenvalue weighted by Gasteiger charge is 2.75. The third-order valence-electron chi connectivity index (χ3n) is 9.91. The fraction of sp³-hybridized carbons (Fsp3) is 0.630. The fourth-order valence-corrected chi connectivity index (χ4v) is 8.54. The third kappa shape index (κ3) is 2.46. The normalized spacial score (nSPS) is 47.5. The molecule has 3 heterocycles. The van der Waals surface area contributed by atoms with Gasteiger partial charge in [0.25, 0.3) is 0 Å². The van der Waals surface area contributed by atoms with Crippen LogP contribution < -0.4 is 0 Å². The molecule has 0 aromatic carbocycles. The number of allylic oxidation sites excluding steroid dienone is 2. The second kappa shape index (κ2) is 6.70. The molecule has 0 amide bonds. The van der Waals surface area contributed by atoms with Crippen LogP contribution in [-0.2, 0) is 23.8 Å². The molecule has 1 aromatic rings. The van der Waals surface area contributed by atoms with Gasteiger partial charge in [-0.25, -0.2) is 0 Å². The molecule has 2 aliphatic heterocycles. The molecule has 6 nitrogen and oxygen atoms in total. The minimum atomic E-state index is -0.747. The Morgan fingerprint density at radius 1 is 1.24 bits per heavy atom. The van der Waals surface area contributed by atoms with Crippen molar-refractivity contribution in [3.05, 3.63) is 47.5 Å². The van der Waals surface area contributed by atoms with Crippen LogP contribution in [0.25, 0.3) is 0 Å². The summed E-state index contributed by atoms with van der Waals surface area (Å²) in [5.74, 6) is -0.281. The number of furan rings is 1. The number of carbonyl (C=O) groups is 2. The highest BCUT2D eigenvalue weighted by Crippen LogP contribution is 2.71. The summed E-state index contributed by atoms with van der Waals surface area (Å²) in [6.45, 7) is 9.17. The number of rotatable bonds is 3. The molecule has 6 heteroatoms. The summed E-state index contributed by atoms with van der Waals surface area (Å²) in [5.41, 5.74) is 2.14. The van der Waals surface area contributed by atoms with E-state index >= 15 is 0 Å². The number of hydrogen-bond donors (Lipinski definition) is 0. The van der Waals surface area contributed by atoms with Crippen molar-refractivity contribution < 1.29 is 28.2 Å². The van der Waals surface area contributed by atoms with E-state index in [-0.39, 0.29) is 59.7 Å². The lowest BCUT2D eigenvalue weighted by atomic mass is 9.42. The highest BCUT2D eigenvalue weighted by molar-refractivity contribution is 5.97. The number of esters is 1. The van der Waals surface area contributed by atoms with E-state index in [1.54, 1.807) is 18.6 Å². The Labute approximate surface area is 194 Å². The van der Waals surface area contributed by atoms with Crippen molar-refractivity contribution in [2.24, 2.45) is 28.1 Å². The van der Waals surface area contributed by atoms with Crippen LogP contribution in [0.3, 0.4) is 0 Å². The lowest BCUT2D eigenvalue weighted by Gasteiger charge is -2.60. The Morgan fingerprint density at radius 3 is 2.73 bits per heavy atom. The minimum Gasteiger partial charge on any atom is -0.472 e. The molecular weight excluding hydrogens is 420 g/mol. The maximum Gasteiger partial charge on any atom is 0.305 e. The molecule has 0 bridgehead atoms. The van der Waals surface area contributed by atoms with Gasteiger partial charge in [0.15, 0.2) is 5.78 Å². The number of carbonyl (C=O) groups excluding carboxylic acids is 2.